The van der Waals surface area contributed by atoms with Gasteiger partial charge in [0.1, 0.15) is 6.61 Å². The number of hydrogen-bond donors (Lipinski definition) is 1. The van der Waals surface area contributed by atoms with E-state index in [0.717, 1.165) is 25.9 Å². The second kappa shape index (κ2) is 8.51. The highest BCUT2D eigenvalue weighted by Crippen LogP contribution is 2.20. The summed E-state index contributed by atoms with van der Waals surface area (Å²) in [6.07, 6.45) is 4.40. The molecule has 122 valence electrons. The minimum Gasteiger partial charge on any atom is -0.371 e. The zero-order valence-electron chi connectivity index (χ0n) is 12.9. The Morgan fingerprint density at radius 3 is 2.77 bits per heavy atom. The second-order valence-corrected chi connectivity index (χ2v) is 6.05. The third kappa shape index (κ3) is 4.70. The van der Waals surface area contributed by atoms with Gasteiger partial charge in [-0.25, -0.2) is 0 Å². The lowest BCUT2D eigenvalue weighted by Crippen LogP contribution is -2.40. The van der Waals surface area contributed by atoms with Crippen LogP contribution in [0.25, 0.3) is 0 Å². The van der Waals surface area contributed by atoms with Crippen LogP contribution in [0.5, 0.6) is 0 Å². The van der Waals surface area contributed by atoms with Crippen LogP contribution < -0.4 is 5.32 Å². The first-order chi connectivity index (χ1) is 10.3. The minimum absolute atomic E-state index is 0. The molecule has 1 amide bonds. The van der Waals surface area contributed by atoms with E-state index in [1.807, 2.05) is 23.1 Å². The van der Waals surface area contributed by atoms with Gasteiger partial charge in [-0.05, 0) is 31.2 Å². The smallest absolute Gasteiger partial charge is 0.248 e. The number of hydrogen-bond acceptors (Lipinski definition) is 3. The number of ether oxygens (including phenoxy) is 1. The van der Waals surface area contributed by atoms with Gasteiger partial charge in [-0.3, -0.25) is 4.79 Å². The standard InChI is InChI=1S/C17H24N2O2.ClH/c20-17(13-21-11-9-14-4-2-1-3-5-14)19-10-8-15-6-7-16(12-19)18-15;/h1-5,15-16,18H,6-13H2;1H. The van der Waals surface area contributed by atoms with Crippen LogP contribution in [0.1, 0.15) is 24.8 Å². The monoisotopic (exact) mass is 324 g/mol. The molecule has 0 aromatic heterocycles. The molecule has 0 aliphatic carbocycles. The first-order valence-corrected chi connectivity index (χ1v) is 7.97. The predicted octanol–water partition coefficient (Wildman–Crippen LogP) is 2.02. The molecular formula is C17H25ClN2O2. The fourth-order valence-corrected chi connectivity index (χ4v) is 3.26. The van der Waals surface area contributed by atoms with Gasteiger partial charge in [0.15, 0.2) is 0 Å². The average Bonchev–Trinajstić information content (AvgIpc) is 2.84. The number of amides is 1. The van der Waals surface area contributed by atoms with Crippen molar-refractivity contribution < 1.29 is 9.53 Å². The molecule has 0 radical (unpaired) electrons. The first-order valence-electron chi connectivity index (χ1n) is 7.97. The number of likely N-dealkylation sites (tertiary alicyclic amines) is 1. The third-order valence-corrected chi connectivity index (χ3v) is 4.48. The lowest BCUT2D eigenvalue weighted by atomic mass is 10.1. The van der Waals surface area contributed by atoms with Crippen LogP contribution in [-0.4, -0.2) is 49.2 Å². The fourth-order valence-electron chi connectivity index (χ4n) is 3.26. The van der Waals surface area contributed by atoms with Crippen molar-refractivity contribution in [2.45, 2.75) is 37.8 Å². The summed E-state index contributed by atoms with van der Waals surface area (Å²) in [5, 5.41) is 3.59. The van der Waals surface area contributed by atoms with Gasteiger partial charge in [0.05, 0.1) is 6.61 Å². The molecule has 2 bridgehead atoms. The van der Waals surface area contributed by atoms with Gasteiger partial charge in [-0.1, -0.05) is 30.3 Å². The molecule has 2 heterocycles. The summed E-state index contributed by atoms with van der Waals surface area (Å²) in [7, 11) is 0. The van der Waals surface area contributed by atoms with Crippen molar-refractivity contribution in [3.05, 3.63) is 35.9 Å². The Kier molecular flexibility index (Phi) is 6.68. The summed E-state index contributed by atoms with van der Waals surface area (Å²) in [5.74, 6) is 0.136. The van der Waals surface area contributed by atoms with Crippen molar-refractivity contribution in [2.24, 2.45) is 0 Å². The van der Waals surface area contributed by atoms with Crippen LogP contribution in [0.15, 0.2) is 30.3 Å². The van der Waals surface area contributed by atoms with E-state index in [9.17, 15) is 4.79 Å². The highest BCUT2D eigenvalue weighted by atomic mass is 35.5. The van der Waals surface area contributed by atoms with Gasteiger partial charge in [-0.2, -0.15) is 0 Å². The van der Waals surface area contributed by atoms with Crippen LogP contribution in [0, 0.1) is 0 Å². The summed E-state index contributed by atoms with van der Waals surface area (Å²) in [6.45, 7) is 2.53. The Labute approximate surface area is 138 Å². The maximum Gasteiger partial charge on any atom is 0.248 e. The predicted molar refractivity (Wildman–Crippen MR) is 89.4 cm³/mol. The molecule has 0 saturated carbocycles. The van der Waals surface area contributed by atoms with Crippen molar-refractivity contribution in [1.29, 1.82) is 0 Å². The Bertz CT molecular complexity index is 469. The highest BCUT2D eigenvalue weighted by Gasteiger charge is 2.30. The van der Waals surface area contributed by atoms with Crippen molar-refractivity contribution in [3.63, 3.8) is 0 Å². The topological polar surface area (TPSA) is 41.6 Å². The normalized spacial score (nSPS) is 23.7. The van der Waals surface area contributed by atoms with E-state index in [-0.39, 0.29) is 24.9 Å². The van der Waals surface area contributed by atoms with E-state index in [4.69, 9.17) is 4.74 Å². The van der Waals surface area contributed by atoms with Gasteiger partial charge in [0.25, 0.3) is 0 Å². The van der Waals surface area contributed by atoms with E-state index in [1.165, 1.54) is 18.4 Å². The van der Waals surface area contributed by atoms with Crippen molar-refractivity contribution in [1.82, 2.24) is 10.2 Å². The Morgan fingerprint density at radius 2 is 1.95 bits per heavy atom. The van der Waals surface area contributed by atoms with Gasteiger partial charge in [0, 0.05) is 25.2 Å². The first kappa shape index (κ1) is 17.3. The van der Waals surface area contributed by atoms with Crippen LogP contribution in [0.2, 0.25) is 0 Å². The molecule has 5 heteroatoms. The Balaban J connectivity index is 0.00000176. The van der Waals surface area contributed by atoms with E-state index in [0.29, 0.717) is 18.7 Å². The number of benzene rings is 1. The zero-order chi connectivity index (χ0) is 14.5. The number of carbonyl (C=O) groups is 1. The minimum atomic E-state index is 0. The SMILES string of the molecule is Cl.O=C(COCCc1ccccc1)N1CCC2CCC(C1)N2. The highest BCUT2D eigenvalue weighted by molar-refractivity contribution is 5.85. The molecule has 2 aliphatic heterocycles. The fraction of sp³-hybridized carbons (Fsp3) is 0.588. The summed E-state index contributed by atoms with van der Waals surface area (Å²) < 4.78 is 5.56. The second-order valence-electron chi connectivity index (χ2n) is 6.05. The molecule has 1 aromatic carbocycles. The largest absolute Gasteiger partial charge is 0.371 e. The molecule has 2 saturated heterocycles. The van der Waals surface area contributed by atoms with E-state index < -0.39 is 0 Å². The maximum atomic E-state index is 12.2. The molecule has 2 unspecified atom stereocenters. The van der Waals surface area contributed by atoms with Gasteiger partial charge < -0.3 is 15.0 Å². The average molecular weight is 325 g/mol. The van der Waals surface area contributed by atoms with Crippen LogP contribution in [-0.2, 0) is 16.0 Å². The van der Waals surface area contributed by atoms with Gasteiger partial charge in [-0.15, -0.1) is 12.4 Å². The summed E-state index contributed by atoms with van der Waals surface area (Å²) in [4.78, 5) is 14.2. The molecule has 0 spiro atoms. The molecular weight excluding hydrogens is 300 g/mol. The van der Waals surface area contributed by atoms with E-state index >= 15 is 0 Å². The lowest BCUT2D eigenvalue weighted by molar-refractivity contribution is -0.136. The van der Waals surface area contributed by atoms with E-state index in [1.54, 1.807) is 0 Å². The summed E-state index contributed by atoms with van der Waals surface area (Å²) in [6, 6.07) is 11.3. The molecule has 2 aliphatic rings. The summed E-state index contributed by atoms with van der Waals surface area (Å²) >= 11 is 0. The zero-order valence-corrected chi connectivity index (χ0v) is 13.7. The molecule has 3 rings (SSSR count). The molecule has 2 fully saturated rings. The number of nitrogens with one attached hydrogen (secondary N) is 1. The number of carbonyl (C=O) groups excluding carboxylic acids is 1. The number of rotatable bonds is 5. The molecule has 22 heavy (non-hydrogen) atoms. The number of nitrogens with zero attached hydrogens (tertiary/aromatic N) is 1. The van der Waals surface area contributed by atoms with Crippen LogP contribution >= 0.6 is 12.4 Å². The van der Waals surface area contributed by atoms with Crippen molar-refractivity contribution >= 4 is 18.3 Å². The molecule has 2 atom stereocenters. The summed E-state index contributed by atoms with van der Waals surface area (Å²) in [5.41, 5.74) is 1.25. The van der Waals surface area contributed by atoms with Crippen molar-refractivity contribution in [3.8, 4) is 0 Å². The van der Waals surface area contributed by atoms with E-state index in [2.05, 4.69) is 17.4 Å². The lowest BCUT2D eigenvalue weighted by Gasteiger charge is -2.24. The third-order valence-electron chi connectivity index (χ3n) is 4.48. The van der Waals surface area contributed by atoms with Gasteiger partial charge in [0.2, 0.25) is 5.91 Å². The molecule has 4 nitrogen and oxygen atoms in total. The quantitative estimate of drug-likeness (QED) is 0.843. The molecule has 1 aromatic rings. The van der Waals surface area contributed by atoms with Gasteiger partial charge >= 0.3 is 0 Å². The van der Waals surface area contributed by atoms with Crippen LogP contribution in [0.4, 0.5) is 0 Å². The number of halogens is 1. The van der Waals surface area contributed by atoms with Crippen LogP contribution in [0.3, 0.4) is 0 Å². The Morgan fingerprint density at radius 1 is 1.18 bits per heavy atom. The van der Waals surface area contributed by atoms with Crippen molar-refractivity contribution in [2.75, 3.05) is 26.3 Å². The number of fused-ring (bicyclic) bond motifs is 2. The maximum absolute atomic E-state index is 12.2. The molecule has 1 N–H and O–H groups in total. The Hall–Kier alpha value is -1.10.